The summed E-state index contributed by atoms with van der Waals surface area (Å²) in [6.07, 6.45) is 3.13. The number of nitrogens with zero attached hydrogens (tertiary/aromatic N) is 1. The number of carbonyl (C=O) groups is 1. The molecule has 1 aromatic rings. The van der Waals surface area contributed by atoms with Gasteiger partial charge in [0, 0.05) is 11.3 Å². The van der Waals surface area contributed by atoms with Crippen LogP contribution in [-0.2, 0) is 4.79 Å². The molecule has 0 heterocycles. The van der Waals surface area contributed by atoms with E-state index in [2.05, 4.69) is 6.07 Å². The van der Waals surface area contributed by atoms with Gasteiger partial charge in [0.15, 0.2) is 10.5 Å². The summed E-state index contributed by atoms with van der Waals surface area (Å²) in [5, 5.41) is 9.28. The van der Waals surface area contributed by atoms with E-state index < -0.39 is 4.75 Å². The zero-order chi connectivity index (χ0) is 11.4. The normalized spacial score (nSPS) is 25.1. The Morgan fingerprint density at radius 1 is 1.25 bits per heavy atom. The maximum Gasteiger partial charge on any atom is 0.165 e. The fraction of sp³-hybridized carbons (Fsp3) is 0.385. The first kappa shape index (κ1) is 11.2. The van der Waals surface area contributed by atoms with Crippen molar-refractivity contribution in [1.82, 2.24) is 0 Å². The molecule has 0 radical (unpaired) electrons. The molecular formula is C13H13NOS. The monoisotopic (exact) mass is 231 g/mol. The van der Waals surface area contributed by atoms with Gasteiger partial charge in [-0.1, -0.05) is 36.4 Å². The second-order valence-electron chi connectivity index (χ2n) is 3.98. The molecule has 1 atom stereocenters. The largest absolute Gasteiger partial charge is 0.297 e. The summed E-state index contributed by atoms with van der Waals surface area (Å²) in [7, 11) is 0. The Balaban J connectivity index is 2.23. The lowest BCUT2D eigenvalue weighted by Crippen LogP contribution is -2.36. The van der Waals surface area contributed by atoms with Crippen LogP contribution in [0.2, 0.25) is 0 Å². The fourth-order valence-electron chi connectivity index (χ4n) is 1.94. The van der Waals surface area contributed by atoms with Crippen molar-refractivity contribution < 1.29 is 4.79 Å². The molecule has 0 amide bonds. The van der Waals surface area contributed by atoms with Crippen molar-refractivity contribution in [3.63, 3.8) is 0 Å². The van der Waals surface area contributed by atoms with Gasteiger partial charge in [0.2, 0.25) is 0 Å². The summed E-state index contributed by atoms with van der Waals surface area (Å²) in [6, 6.07) is 11.9. The van der Waals surface area contributed by atoms with Crippen LogP contribution < -0.4 is 0 Å². The minimum absolute atomic E-state index is 0.0927. The standard InChI is InChI=1S/C13H13NOS/c14-10-13(9-5-4-8-12(13)15)16-11-6-2-1-3-7-11/h1-3,6-7H,4-5,8-9H2. The molecule has 2 rings (SSSR count). The quantitative estimate of drug-likeness (QED) is 0.785. The molecule has 82 valence electrons. The molecule has 2 nitrogen and oxygen atoms in total. The molecule has 1 aromatic carbocycles. The van der Waals surface area contributed by atoms with Crippen LogP contribution in [0.3, 0.4) is 0 Å². The molecule has 0 saturated heterocycles. The number of hydrogen-bond donors (Lipinski definition) is 0. The average Bonchev–Trinajstić information content (AvgIpc) is 2.34. The summed E-state index contributed by atoms with van der Waals surface area (Å²) in [5.74, 6) is 0.0927. The number of Topliss-reactive ketones (excluding diaryl/α,β-unsaturated/α-hetero) is 1. The zero-order valence-corrected chi connectivity index (χ0v) is 9.80. The van der Waals surface area contributed by atoms with Gasteiger partial charge in [-0.2, -0.15) is 5.26 Å². The maximum atomic E-state index is 11.9. The van der Waals surface area contributed by atoms with Crippen molar-refractivity contribution in [1.29, 1.82) is 5.26 Å². The third-order valence-electron chi connectivity index (χ3n) is 2.85. The van der Waals surface area contributed by atoms with E-state index >= 15 is 0 Å². The van der Waals surface area contributed by atoms with Gasteiger partial charge in [-0.25, -0.2) is 0 Å². The molecule has 0 aliphatic heterocycles. The van der Waals surface area contributed by atoms with Gasteiger partial charge in [0.05, 0.1) is 6.07 Å². The van der Waals surface area contributed by atoms with Gasteiger partial charge in [0.25, 0.3) is 0 Å². The predicted octanol–water partition coefficient (Wildman–Crippen LogP) is 3.18. The molecule has 16 heavy (non-hydrogen) atoms. The Bertz CT molecular complexity index is 423. The Kier molecular flexibility index (Phi) is 3.31. The van der Waals surface area contributed by atoms with Crippen molar-refractivity contribution >= 4 is 17.5 Å². The lowest BCUT2D eigenvalue weighted by Gasteiger charge is -2.28. The van der Waals surface area contributed by atoms with Crippen LogP contribution in [0.25, 0.3) is 0 Å². The summed E-state index contributed by atoms with van der Waals surface area (Å²) in [6.45, 7) is 0. The van der Waals surface area contributed by atoms with Crippen molar-refractivity contribution in [2.45, 2.75) is 35.3 Å². The maximum absolute atomic E-state index is 11.9. The van der Waals surface area contributed by atoms with E-state index in [1.54, 1.807) is 0 Å². The van der Waals surface area contributed by atoms with Gasteiger partial charge in [0.1, 0.15) is 0 Å². The van der Waals surface area contributed by atoms with Gasteiger partial charge in [-0.05, 0) is 25.0 Å². The van der Waals surface area contributed by atoms with E-state index in [0.717, 1.165) is 17.7 Å². The topological polar surface area (TPSA) is 40.9 Å². The molecule has 1 aliphatic rings. The first-order chi connectivity index (χ1) is 7.77. The van der Waals surface area contributed by atoms with Crippen molar-refractivity contribution in [3.8, 4) is 6.07 Å². The number of carbonyl (C=O) groups excluding carboxylic acids is 1. The molecule has 3 heteroatoms. The predicted molar refractivity (Wildman–Crippen MR) is 64.1 cm³/mol. The van der Waals surface area contributed by atoms with Gasteiger partial charge in [-0.3, -0.25) is 4.79 Å². The Morgan fingerprint density at radius 3 is 2.62 bits per heavy atom. The molecule has 1 saturated carbocycles. The molecule has 1 fully saturated rings. The number of hydrogen-bond acceptors (Lipinski definition) is 3. The summed E-state index contributed by atoms with van der Waals surface area (Å²) >= 11 is 1.41. The Morgan fingerprint density at radius 2 is 2.00 bits per heavy atom. The van der Waals surface area contributed by atoms with E-state index in [1.807, 2.05) is 30.3 Å². The number of benzene rings is 1. The van der Waals surface area contributed by atoms with Crippen LogP contribution in [-0.4, -0.2) is 10.5 Å². The Hall–Kier alpha value is -1.27. The number of ketones is 1. The number of thioether (sulfide) groups is 1. The van der Waals surface area contributed by atoms with E-state index in [0.29, 0.717) is 12.8 Å². The van der Waals surface area contributed by atoms with Gasteiger partial charge < -0.3 is 0 Å². The Labute approximate surface area is 99.7 Å². The minimum atomic E-state index is -0.834. The van der Waals surface area contributed by atoms with Crippen LogP contribution in [0.15, 0.2) is 35.2 Å². The molecule has 0 aromatic heterocycles. The van der Waals surface area contributed by atoms with E-state index in [-0.39, 0.29) is 5.78 Å². The second kappa shape index (κ2) is 4.71. The highest BCUT2D eigenvalue weighted by molar-refractivity contribution is 8.01. The number of rotatable bonds is 2. The highest BCUT2D eigenvalue weighted by Crippen LogP contribution is 2.41. The lowest BCUT2D eigenvalue weighted by molar-refractivity contribution is -0.121. The van der Waals surface area contributed by atoms with Crippen LogP contribution in [0.4, 0.5) is 0 Å². The van der Waals surface area contributed by atoms with Gasteiger partial charge >= 0.3 is 0 Å². The van der Waals surface area contributed by atoms with Crippen molar-refractivity contribution in [3.05, 3.63) is 30.3 Å². The van der Waals surface area contributed by atoms with Gasteiger partial charge in [-0.15, -0.1) is 0 Å². The van der Waals surface area contributed by atoms with Crippen LogP contribution in [0, 0.1) is 11.3 Å². The summed E-state index contributed by atoms with van der Waals surface area (Å²) in [4.78, 5) is 12.9. The number of nitriles is 1. The SMILES string of the molecule is N#CC1(Sc2ccccc2)CCCCC1=O. The fourth-order valence-corrected chi connectivity index (χ4v) is 3.14. The minimum Gasteiger partial charge on any atom is -0.297 e. The first-order valence-electron chi connectivity index (χ1n) is 5.45. The van der Waals surface area contributed by atoms with E-state index in [9.17, 15) is 10.1 Å². The van der Waals surface area contributed by atoms with E-state index in [1.165, 1.54) is 11.8 Å². The molecular weight excluding hydrogens is 218 g/mol. The summed E-state index contributed by atoms with van der Waals surface area (Å²) < 4.78 is -0.834. The molecule has 0 N–H and O–H groups in total. The second-order valence-corrected chi connectivity index (χ2v) is 5.36. The summed E-state index contributed by atoms with van der Waals surface area (Å²) in [5.41, 5.74) is 0. The van der Waals surface area contributed by atoms with Crippen LogP contribution >= 0.6 is 11.8 Å². The third-order valence-corrected chi connectivity index (χ3v) is 4.23. The smallest absolute Gasteiger partial charge is 0.165 e. The highest BCUT2D eigenvalue weighted by Gasteiger charge is 2.41. The zero-order valence-electron chi connectivity index (χ0n) is 8.98. The molecule has 0 spiro atoms. The highest BCUT2D eigenvalue weighted by atomic mass is 32.2. The lowest BCUT2D eigenvalue weighted by atomic mass is 9.88. The average molecular weight is 231 g/mol. The van der Waals surface area contributed by atoms with Crippen molar-refractivity contribution in [2.24, 2.45) is 0 Å². The first-order valence-corrected chi connectivity index (χ1v) is 6.27. The molecule has 0 bridgehead atoms. The van der Waals surface area contributed by atoms with Crippen LogP contribution in [0.5, 0.6) is 0 Å². The molecule has 1 aliphatic carbocycles. The van der Waals surface area contributed by atoms with E-state index in [4.69, 9.17) is 0 Å². The third kappa shape index (κ3) is 2.12. The van der Waals surface area contributed by atoms with Crippen LogP contribution in [0.1, 0.15) is 25.7 Å². The van der Waals surface area contributed by atoms with Crippen molar-refractivity contribution in [2.75, 3.05) is 0 Å². The molecule has 1 unspecified atom stereocenters.